The molecule has 1 unspecified atom stereocenters. The summed E-state index contributed by atoms with van der Waals surface area (Å²) in [5.41, 5.74) is 0.894. The highest BCUT2D eigenvalue weighted by Crippen LogP contribution is 2.40. The molecule has 19 heavy (non-hydrogen) atoms. The van der Waals surface area contributed by atoms with Crippen molar-refractivity contribution in [2.45, 2.75) is 37.7 Å². The fourth-order valence-corrected chi connectivity index (χ4v) is 3.04. The van der Waals surface area contributed by atoms with E-state index in [2.05, 4.69) is 6.58 Å². The molecule has 102 valence electrons. The molecular weight excluding hydrogens is 246 g/mol. The van der Waals surface area contributed by atoms with E-state index in [0.717, 1.165) is 25.7 Å². The monoisotopic (exact) mass is 264 g/mol. The summed E-state index contributed by atoms with van der Waals surface area (Å²) in [5.74, 6) is -0.718. The first kappa shape index (κ1) is 12.8. The number of rotatable bonds is 3. The minimum absolute atomic E-state index is 0.139. The molecule has 1 aliphatic carbocycles. The number of benzene rings is 1. The molecule has 0 bridgehead atoms. The van der Waals surface area contributed by atoms with E-state index in [9.17, 15) is 8.78 Å². The maximum Gasteiger partial charge on any atom is 0.165 e. The summed E-state index contributed by atoms with van der Waals surface area (Å²) >= 11 is 0. The second-order valence-corrected chi connectivity index (χ2v) is 5.54. The Morgan fingerprint density at radius 3 is 2.21 bits per heavy atom. The first-order valence-electron chi connectivity index (χ1n) is 6.92. The molecule has 1 aromatic rings. The van der Waals surface area contributed by atoms with E-state index in [4.69, 9.17) is 4.74 Å². The molecular formula is C16H18F2O. The first-order chi connectivity index (χ1) is 9.20. The van der Waals surface area contributed by atoms with E-state index in [-0.39, 0.29) is 12.0 Å². The number of epoxide rings is 1. The summed E-state index contributed by atoms with van der Waals surface area (Å²) in [6.07, 6.45) is 5.59. The minimum atomic E-state index is -0.717. The number of ether oxygens (including phenoxy) is 1. The van der Waals surface area contributed by atoms with E-state index >= 15 is 0 Å². The number of hydrogen-bond acceptors (Lipinski definition) is 1. The third kappa shape index (κ3) is 2.44. The van der Waals surface area contributed by atoms with Crippen LogP contribution >= 0.6 is 0 Å². The normalized spacial score (nSPS) is 30.1. The quantitative estimate of drug-likeness (QED) is 0.578. The lowest BCUT2D eigenvalue weighted by molar-refractivity contribution is 0.361. The SMILES string of the molecule is C=CC1CCC(c2ccc(C3CO3)c(F)c2F)CC1. The van der Waals surface area contributed by atoms with E-state index < -0.39 is 11.6 Å². The highest BCUT2D eigenvalue weighted by atomic mass is 19.2. The van der Waals surface area contributed by atoms with Crippen molar-refractivity contribution >= 4 is 0 Å². The van der Waals surface area contributed by atoms with Crippen LogP contribution in [-0.2, 0) is 4.74 Å². The zero-order chi connectivity index (χ0) is 13.4. The number of allylic oxidation sites excluding steroid dienone is 1. The Morgan fingerprint density at radius 1 is 1.05 bits per heavy atom. The van der Waals surface area contributed by atoms with E-state index in [1.807, 2.05) is 6.08 Å². The van der Waals surface area contributed by atoms with Crippen molar-refractivity contribution in [3.63, 3.8) is 0 Å². The van der Waals surface area contributed by atoms with Gasteiger partial charge in [-0.1, -0.05) is 18.2 Å². The molecule has 1 saturated carbocycles. The Balaban J connectivity index is 1.81. The fraction of sp³-hybridized carbons (Fsp3) is 0.500. The second kappa shape index (κ2) is 5.04. The van der Waals surface area contributed by atoms with Crippen LogP contribution in [-0.4, -0.2) is 6.61 Å². The van der Waals surface area contributed by atoms with Gasteiger partial charge in [0.15, 0.2) is 11.6 Å². The van der Waals surface area contributed by atoms with Crippen LogP contribution in [0.25, 0.3) is 0 Å². The molecule has 1 heterocycles. The molecule has 0 N–H and O–H groups in total. The number of hydrogen-bond donors (Lipinski definition) is 0. The second-order valence-electron chi connectivity index (χ2n) is 5.54. The molecule has 1 saturated heterocycles. The summed E-state index contributed by atoms with van der Waals surface area (Å²) in [6.45, 7) is 4.30. The molecule has 0 aromatic heterocycles. The van der Waals surface area contributed by atoms with Crippen LogP contribution in [0.2, 0.25) is 0 Å². The van der Waals surface area contributed by atoms with Gasteiger partial charge >= 0.3 is 0 Å². The summed E-state index contributed by atoms with van der Waals surface area (Å²) < 4.78 is 33.2. The van der Waals surface area contributed by atoms with Crippen molar-refractivity contribution in [1.82, 2.24) is 0 Å². The van der Waals surface area contributed by atoms with E-state index in [1.165, 1.54) is 0 Å². The van der Waals surface area contributed by atoms with Crippen LogP contribution in [0.5, 0.6) is 0 Å². The Kier molecular flexibility index (Phi) is 3.40. The van der Waals surface area contributed by atoms with Gasteiger partial charge < -0.3 is 4.74 Å². The zero-order valence-electron chi connectivity index (χ0n) is 10.9. The zero-order valence-corrected chi connectivity index (χ0v) is 10.9. The van der Waals surface area contributed by atoms with Crippen LogP contribution in [0, 0.1) is 17.6 Å². The Hall–Kier alpha value is -1.22. The van der Waals surface area contributed by atoms with Crippen LogP contribution in [0.15, 0.2) is 24.8 Å². The summed E-state index contributed by atoms with van der Waals surface area (Å²) in [4.78, 5) is 0. The summed E-state index contributed by atoms with van der Waals surface area (Å²) in [6, 6.07) is 3.43. The van der Waals surface area contributed by atoms with Gasteiger partial charge in [0.05, 0.1) is 6.61 Å². The average molecular weight is 264 g/mol. The van der Waals surface area contributed by atoms with Gasteiger partial charge in [0.1, 0.15) is 6.10 Å². The van der Waals surface area contributed by atoms with E-state index in [1.54, 1.807) is 12.1 Å². The van der Waals surface area contributed by atoms with Crippen molar-refractivity contribution in [2.75, 3.05) is 6.61 Å². The van der Waals surface area contributed by atoms with Crippen LogP contribution in [0.4, 0.5) is 8.78 Å². The predicted molar refractivity (Wildman–Crippen MR) is 69.9 cm³/mol. The molecule has 2 aliphatic rings. The van der Waals surface area contributed by atoms with Crippen LogP contribution < -0.4 is 0 Å². The Bertz CT molecular complexity index is 486. The molecule has 0 radical (unpaired) electrons. The smallest absolute Gasteiger partial charge is 0.165 e. The minimum Gasteiger partial charge on any atom is -0.368 e. The van der Waals surface area contributed by atoms with Crippen molar-refractivity contribution < 1.29 is 13.5 Å². The molecule has 1 atom stereocenters. The Labute approximate surface area is 112 Å². The van der Waals surface area contributed by atoms with Gasteiger partial charge in [0.2, 0.25) is 0 Å². The fourth-order valence-electron chi connectivity index (χ4n) is 3.04. The highest BCUT2D eigenvalue weighted by molar-refractivity contribution is 5.32. The molecule has 0 spiro atoms. The van der Waals surface area contributed by atoms with Crippen molar-refractivity contribution in [1.29, 1.82) is 0 Å². The topological polar surface area (TPSA) is 12.5 Å². The lowest BCUT2D eigenvalue weighted by atomic mass is 9.78. The van der Waals surface area contributed by atoms with Gasteiger partial charge in [-0.3, -0.25) is 0 Å². The largest absolute Gasteiger partial charge is 0.368 e. The molecule has 1 aromatic carbocycles. The average Bonchev–Trinajstić information content (AvgIpc) is 3.26. The predicted octanol–water partition coefficient (Wildman–Crippen LogP) is 4.50. The van der Waals surface area contributed by atoms with Gasteiger partial charge in [0, 0.05) is 5.56 Å². The third-order valence-corrected chi connectivity index (χ3v) is 4.37. The van der Waals surface area contributed by atoms with Gasteiger partial charge in [-0.15, -0.1) is 6.58 Å². The molecule has 1 nitrogen and oxygen atoms in total. The molecule has 1 aliphatic heterocycles. The van der Waals surface area contributed by atoms with Crippen LogP contribution in [0.3, 0.4) is 0 Å². The summed E-state index contributed by atoms with van der Waals surface area (Å²) in [7, 11) is 0. The molecule has 2 fully saturated rings. The van der Waals surface area contributed by atoms with Gasteiger partial charge in [-0.05, 0) is 43.1 Å². The van der Waals surface area contributed by atoms with Gasteiger partial charge in [-0.2, -0.15) is 0 Å². The standard InChI is InChI=1S/C16H18F2O/c1-2-10-3-5-11(6-4-10)12-7-8-13(14-9-19-14)16(18)15(12)17/h2,7-8,10-11,14H,1,3-6,9H2. The Morgan fingerprint density at radius 2 is 1.63 bits per heavy atom. The van der Waals surface area contributed by atoms with Crippen molar-refractivity contribution in [3.8, 4) is 0 Å². The highest BCUT2D eigenvalue weighted by Gasteiger charge is 2.31. The van der Waals surface area contributed by atoms with Crippen molar-refractivity contribution in [2.24, 2.45) is 5.92 Å². The van der Waals surface area contributed by atoms with Gasteiger partial charge in [-0.25, -0.2) is 8.78 Å². The first-order valence-corrected chi connectivity index (χ1v) is 6.92. The molecule has 0 amide bonds. The maximum atomic E-state index is 14.2. The molecule has 3 heteroatoms. The third-order valence-electron chi connectivity index (χ3n) is 4.37. The van der Waals surface area contributed by atoms with Crippen LogP contribution in [0.1, 0.15) is 48.8 Å². The molecule has 3 rings (SSSR count). The van der Waals surface area contributed by atoms with Crippen molar-refractivity contribution in [3.05, 3.63) is 47.5 Å². The summed E-state index contributed by atoms with van der Waals surface area (Å²) in [5, 5.41) is 0. The van der Waals surface area contributed by atoms with E-state index in [0.29, 0.717) is 23.7 Å². The lowest BCUT2D eigenvalue weighted by Crippen LogP contribution is -2.13. The lowest BCUT2D eigenvalue weighted by Gasteiger charge is -2.27. The number of halogens is 2. The van der Waals surface area contributed by atoms with Gasteiger partial charge in [0.25, 0.3) is 0 Å². The maximum absolute atomic E-state index is 14.2.